The van der Waals surface area contributed by atoms with Crippen LogP contribution >= 0.6 is 27.4 Å². The molecule has 3 aromatic rings. The standard InChI is InChI=1S/C25H33N5O16P2S/c1-10(31)12-4-2-11(3-5-12)7-49-8-14-17(33)18(34)20(36)24(44-14)45-48(40,41)46-47(38,39)42-6-13-16(32)19(35)23(43-13)30-9-27-15-21(30)28-25(26)29-22(15)37/h2-5,9,13-14,16-20,23-24,32-36H,6-8H2,1H3,(H,38,39)(H,40,41)(H3,26,28,29,37)/t13-,14+,16-,17-,18-,19-,20+,23-,24?/m1/s1. The van der Waals surface area contributed by atoms with E-state index in [0.29, 0.717) is 11.3 Å². The van der Waals surface area contributed by atoms with Gasteiger partial charge in [0.2, 0.25) is 5.95 Å². The summed E-state index contributed by atoms with van der Waals surface area (Å²) in [6, 6.07) is 6.72. The van der Waals surface area contributed by atoms with Gasteiger partial charge in [-0.3, -0.25) is 28.2 Å². The molecule has 2 aromatic heterocycles. The van der Waals surface area contributed by atoms with Crippen LogP contribution in [0, 0.1) is 0 Å². The van der Waals surface area contributed by atoms with Gasteiger partial charge in [-0.1, -0.05) is 24.3 Å². The van der Waals surface area contributed by atoms with E-state index in [-0.39, 0.29) is 28.6 Å². The number of ether oxygens (including phenoxy) is 2. The van der Waals surface area contributed by atoms with Gasteiger partial charge in [-0.25, -0.2) is 14.1 Å². The predicted molar refractivity (Wildman–Crippen MR) is 166 cm³/mol. The zero-order chi connectivity index (χ0) is 35.8. The number of aliphatic hydroxyl groups excluding tert-OH is 5. The lowest BCUT2D eigenvalue weighted by Crippen LogP contribution is -2.58. The van der Waals surface area contributed by atoms with E-state index < -0.39 is 83.1 Å². The molecule has 2 aliphatic rings. The number of ketones is 1. The first kappa shape index (κ1) is 37.6. The molecule has 4 heterocycles. The fourth-order valence-corrected chi connectivity index (χ4v) is 8.18. The van der Waals surface area contributed by atoms with Crippen molar-refractivity contribution in [1.29, 1.82) is 0 Å². The lowest BCUT2D eigenvalue weighted by molar-refractivity contribution is -0.270. The van der Waals surface area contributed by atoms with Crippen LogP contribution in [0.5, 0.6) is 0 Å². The number of phosphoric acid groups is 2. The van der Waals surface area contributed by atoms with Gasteiger partial charge in [0.05, 0.1) is 19.0 Å². The summed E-state index contributed by atoms with van der Waals surface area (Å²) >= 11 is 1.22. The van der Waals surface area contributed by atoms with Gasteiger partial charge in [-0.05, 0) is 12.5 Å². The summed E-state index contributed by atoms with van der Waals surface area (Å²) in [5.74, 6) is -0.0152. The van der Waals surface area contributed by atoms with Crippen LogP contribution in [0.2, 0.25) is 0 Å². The number of carbonyl (C=O) groups excluding carboxylic acids is 1. The highest BCUT2D eigenvalue weighted by molar-refractivity contribution is 7.98. The van der Waals surface area contributed by atoms with E-state index in [1.807, 2.05) is 0 Å². The first-order valence-electron chi connectivity index (χ1n) is 14.3. The Kier molecular flexibility index (Phi) is 11.5. The maximum atomic E-state index is 12.7. The fraction of sp³-hybridized carbons (Fsp3) is 0.520. The lowest BCUT2D eigenvalue weighted by atomic mass is 10.0. The molecule has 0 spiro atoms. The molecular formula is C25H33N5O16P2S. The highest BCUT2D eigenvalue weighted by Crippen LogP contribution is 2.61. The number of imidazole rings is 1. The number of hydrogen-bond acceptors (Lipinski definition) is 18. The minimum absolute atomic E-state index is 0.0111. The van der Waals surface area contributed by atoms with E-state index >= 15 is 0 Å². The monoisotopic (exact) mass is 753 g/mol. The Bertz CT molecular complexity index is 1810. The zero-order valence-electron chi connectivity index (χ0n) is 25.2. The Labute approximate surface area is 279 Å². The lowest BCUT2D eigenvalue weighted by Gasteiger charge is -2.40. The normalized spacial score (nSPS) is 31.4. The Hall–Kier alpha value is -2.63. The molecule has 10 N–H and O–H groups in total. The summed E-state index contributed by atoms with van der Waals surface area (Å²) in [7, 11) is -11.1. The molecule has 24 heteroatoms. The highest BCUT2D eigenvalue weighted by Gasteiger charge is 2.49. The second-order valence-corrected chi connectivity index (χ2v) is 15.1. The minimum atomic E-state index is -5.62. The molecule has 270 valence electrons. The molecule has 3 unspecified atom stereocenters. The topological polar surface area (TPSA) is 329 Å². The van der Waals surface area contributed by atoms with E-state index in [2.05, 4.69) is 19.3 Å². The van der Waals surface area contributed by atoms with Crippen molar-refractivity contribution in [2.24, 2.45) is 0 Å². The Balaban J connectivity index is 1.16. The third-order valence-corrected chi connectivity index (χ3v) is 11.2. The number of rotatable bonds is 13. The van der Waals surface area contributed by atoms with Crippen LogP contribution in [-0.2, 0) is 37.7 Å². The molecular weight excluding hydrogens is 720 g/mol. The number of carbonyl (C=O) groups is 1. The summed E-state index contributed by atoms with van der Waals surface area (Å²) in [5, 5.41) is 52.0. The molecule has 49 heavy (non-hydrogen) atoms. The van der Waals surface area contributed by atoms with Gasteiger partial charge in [-0.15, -0.1) is 0 Å². The molecule has 0 radical (unpaired) electrons. The largest absolute Gasteiger partial charge is 0.483 e. The van der Waals surface area contributed by atoms with Gasteiger partial charge in [0.1, 0.15) is 36.6 Å². The van der Waals surface area contributed by atoms with Crippen molar-refractivity contribution >= 4 is 50.3 Å². The van der Waals surface area contributed by atoms with Crippen LogP contribution in [0.15, 0.2) is 35.4 Å². The number of nitrogens with two attached hydrogens (primary N) is 1. The van der Waals surface area contributed by atoms with Crippen molar-refractivity contribution in [3.8, 4) is 0 Å². The van der Waals surface area contributed by atoms with Crippen LogP contribution in [0.3, 0.4) is 0 Å². The van der Waals surface area contributed by atoms with Gasteiger partial charge in [0.15, 0.2) is 29.5 Å². The Morgan fingerprint density at radius 2 is 1.67 bits per heavy atom. The molecule has 2 saturated heterocycles. The molecule has 0 saturated carbocycles. The number of fused-ring (bicyclic) bond motifs is 1. The average Bonchev–Trinajstić information content (AvgIpc) is 3.56. The van der Waals surface area contributed by atoms with Crippen LogP contribution < -0.4 is 11.3 Å². The van der Waals surface area contributed by atoms with Crippen LogP contribution in [0.25, 0.3) is 11.2 Å². The smallest absolute Gasteiger partial charge is 0.388 e. The summed E-state index contributed by atoms with van der Waals surface area (Å²) in [6.07, 6.45) is -14.4. The summed E-state index contributed by atoms with van der Waals surface area (Å²) in [6.45, 7) is 0.437. The van der Waals surface area contributed by atoms with Crippen LogP contribution in [-0.4, -0.2) is 122 Å². The second-order valence-electron chi connectivity index (χ2n) is 11.0. The molecule has 0 amide bonds. The maximum absolute atomic E-state index is 12.7. The van der Waals surface area contributed by atoms with Crippen molar-refractivity contribution in [2.45, 2.75) is 67.9 Å². The van der Waals surface area contributed by atoms with Crippen LogP contribution in [0.1, 0.15) is 29.1 Å². The molecule has 1 aromatic carbocycles. The van der Waals surface area contributed by atoms with Gasteiger partial charge in [0, 0.05) is 17.1 Å². The van der Waals surface area contributed by atoms with Crippen molar-refractivity contribution in [3.05, 3.63) is 52.1 Å². The Morgan fingerprint density at radius 3 is 2.35 bits per heavy atom. The number of nitrogens with zero attached hydrogens (tertiary/aromatic N) is 3. The summed E-state index contributed by atoms with van der Waals surface area (Å²) in [5.41, 5.74) is 5.93. The summed E-state index contributed by atoms with van der Waals surface area (Å²) in [4.78, 5) is 53.9. The third-order valence-electron chi connectivity index (χ3n) is 7.49. The van der Waals surface area contributed by atoms with E-state index in [9.17, 15) is 54.0 Å². The van der Waals surface area contributed by atoms with E-state index in [1.54, 1.807) is 24.3 Å². The fourth-order valence-electron chi connectivity index (χ4n) is 4.97. The van der Waals surface area contributed by atoms with Crippen molar-refractivity contribution < 1.29 is 72.1 Å². The minimum Gasteiger partial charge on any atom is -0.388 e. The molecule has 5 rings (SSSR count). The number of aromatic amines is 1. The number of anilines is 1. The maximum Gasteiger partial charge on any atom is 0.483 e. The number of nitrogen functional groups attached to an aromatic ring is 1. The molecule has 0 aliphatic carbocycles. The number of phosphoric ester groups is 2. The number of thioether (sulfide) groups is 1. The van der Waals surface area contributed by atoms with E-state index in [0.717, 1.165) is 16.5 Å². The highest BCUT2D eigenvalue weighted by atomic mass is 32.2. The number of Topliss-reactive ketones (excluding diaryl/α,β-unsaturated/α-hetero) is 1. The van der Waals surface area contributed by atoms with Gasteiger partial charge < -0.3 is 50.5 Å². The van der Waals surface area contributed by atoms with E-state index in [1.165, 1.54) is 18.7 Å². The molecule has 0 bridgehead atoms. The average molecular weight is 754 g/mol. The zero-order valence-corrected chi connectivity index (χ0v) is 27.8. The molecule has 2 aliphatic heterocycles. The number of H-pyrrole nitrogens is 1. The number of nitrogens with one attached hydrogen (secondary N) is 1. The molecule has 11 atom stereocenters. The van der Waals surface area contributed by atoms with Gasteiger partial charge in [-0.2, -0.15) is 21.1 Å². The number of hydrogen-bond donors (Lipinski definition) is 9. The Morgan fingerprint density at radius 1 is 1.00 bits per heavy atom. The summed E-state index contributed by atoms with van der Waals surface area (Å²) < 4.78 is 50.9. The molecule has 21 nitrogen and oxygen atoms in total. The van der Waals surface area contributed by atoms with Gasteiger partial charge in [0.25, 0.3) is 5.56 Å². The second kappa shape index (κ2) is 14.9. The van der Waals surface area contributed by atoms with Crippen molar-refractivity contribution in [3.63, 3.8) is 0 Å². The van der Waals surface area contributed by atoms with E-state index in [4.69, 9.17) is 24.3 Å². The quantitative estimate of drug-likeness (QED) is 0.0709. The SMILES string of the molecule is CC(=O)c1ccc(CSC[C@@H]2OC(OP(=O)(O)OP(=O)(O)OC[C@H]3O[C@@H](n4cnc5c(=O)[nH]c(N)nc54)[C@H](O)[C@@H]3O)[C@@H](O)[C@H](O)[C@@H]2O)cc1. The first-order valence-corrected chi connectivity index (χ1v) is 18.4. The number of benzene rings is 1. The van der Waals surface area contributed by atoms with Crippen molar-refractivity contribution in [1.82, 2.24) is 19.5 Å². The predicted octanol–water partition coefficient (Wildman–Crippen LogP) is -1.48. The van der Waals surface area contributed by atoms with Crippen molar-refractivity contribution in [2.75, 3.05) is 18.1 Å². The number of aliphatic hydroxyl groups is 5. The van der Waals surface area contributed by atoms with Crippen LogP contribution in [0.4, 0.5) is 5.95 Å². The van der Waals surface area contributed by atoms with Gasteiger partial charge >= 0.3 is 15.6 Å². The molecule has 2 fully saturated rings. The first-order chi connectivity index (χ1) is 23.0. The third kappa shape index (κ3) is 8.64. The number of aromatic nitrogens is 4.